The van der Waals surface area contributed by atoms with Gasteiger partial charge in [0.15, 0.2) is 0 Å². The van der Waals surface area contributed by atoms with E-state index in [9.17, 15) is 0 Å². The molecule has 0 aliphatic carbocycles. The molecular formula is C19H34Si. The molecule has 0 aliphatic rings. The first-order chi connectivity index (χ1) is 8.79. The minimum Gasteiger partial charge on any atom is -0.0695 e. The zero-order valence-electron chi connectivity index (χ0n) is 15.1. The molecule has 0 spiro atoms. The molecule has 0 radical (unpaired) electrons. The quantitative estimate of drug-likeness (QED) is 0.585. The zero-order chi connectivity index (χ0) is 15.8. The Kier molecular flexibility index (Phi) is 4.96. The Morgan fingerprint density at radius 2 is 1.15 bits per heavy atom. The van der Waals surface area contributed by atoms with Crippen molar-refractivity contribution in [3.8, 4) is 0 Å². The van der Waals surface area contributed by atoms with Crippen molar-refractivity contribution in [3.63, 3.8) is 0 Å². The Morgan fingerprint density at radius 3 is 1.45 bits per heavy atom. The van der Waals surface area contributed by atoms with E-state index in [1.165, 1.54) is 29.2 Å². The Morgan fingerprint density at radius 1 is 0.750 bits per heavy atom. The summed E-state index contributed by atoms with van der Waals surface area (Å²) < 4.78 is 0. The van der Waals surface area contributed by atoms with Crippen LogP contribution in [0.25, 0.3) is 0 Å². The van der Waals surface area contributed by atoms with Crippen molar-refractivity contribution in [1.82, 2.24) is 0 Å². The Labute approximate surface area is 128 Å². The normalized spacial score (nSPS) is 13.7. The molecule has 0 aromatic heterocycles. The number of aryl methyl sites for hydroxylation is 1. The molecule has 0 saturated carbocycles. The molecule has 0 nitrogen and oxygen atoms in total. The van der Waals surface area contributed by atoms with Gasteiger partial charge in [0.1, 0.15) is 0 Å². The first-order valence-corrected chi connectivity index (χ1v) is 11.6. The van der Waals surface area contributed by atoms with Gasteiger partial charge in [-0.15, -0.1) is 0 Å². The summed E-state index contributed by atoms with van der Waals surface area (Å²) in [6.07, 6.45) is 1.24. The predicted molar refractivity (Wildman–Crippen MR) is 95.7 cm³/mol. The third-order valence-corrected chi connectivity index (χ3v) is 5.64. The van der Waals surface area contributed by atoms with Gasteiger partial charge in [-0.25, -0.2) is 0 Å². The van der Waals surface area contributed by atoms with Gasteiger partial charge in [0, 0.05) is 8.07 Å². The third kappa shape index (κ3) is 5.44. The number of benzene rings is 1. The molecule has 0 aliphatic heterocycles. The standard InChI is InChI=1S/C19H34Si/c1-18(2,3)16-12-15(10-11-20(7,8)9)13-17(14-16)19(4,5)6/h12-14H,10-11H2,1-9H3. The van der Waals surface area contributed by atoms with Crippen LogP contribution in [0.4, 0.5) is 0 Å². The molecule has 0 bridgehead atoms. The average Bonchev–Trinajstić information content (AvgIpc) is 2.22. The van der Waals surface area contributed by atoms with E-state index >= 15 is 0 Å². The van der Waals surface area contributed by atoms with Gasteiger partial charge < -0.3 is 0 Å². The first-order valence-electron chi connectivity index (χ1n) is 7.94. The van der Waals surface area contributed by atoms with Crippen LogP contribution < -0.4 is 0 Å². The lowest BCUT2D eigenvalue weighted by Gasteiger charge is -2.27. The van der Waals surface area contributed by atoms with E-state index in [0.717, 1.165) is 0 Å². The number of hydrogen-bond acceptors (Lipinski definition) is 0. The van der Waals surface area contributed by atoms with Crippen LogP contribution in [0.2, 0.25) is 25.7 Å². The molecule has 1 aromatic rings. The maximum atomic E-state index is 2.46. The zero-order valence-corrected chi connectivity index (χ0v) is 16.1. The Bertz CT molecular complexity index is 418. The van der Waals surface area contributed by atoms with Crippen molar-refractivity contribution in [3.05, 3.63) is 34.9 Å². The van der Waals surface area contributed by atoms with Gasteiger partial charge in [-0.3, -0.25) is 0 Å². The molecule has 0 saturated heterocycles. The Balaban J connectivity index is 3.18. The minimum atomic E-state index is -0.967. The third-order valence-electron chi connectivity index (χ3n) is 3.89. The van der Waals surface area contributed by atoms with Crippen molar-refractivity contribution < 1.29 is 0 Å². The van der Waals surface area contributed by atoms with E-state index in [2.05, 4.69) is 79.4 Å². The van der Waals surface area contributed by atoms with Crippen LogP contribution in [0.1, 0.15) is 58.2 Å². The van der Waals surface area contributed by atoms with Crippen LogP contribution in [0, 0.1) is 0 Å². The molecule has 20 heavy (non-hydrogen) atoms. The van der Waals surface area contributed by atoms with E-state index in [4.69, 9.17) is 0 Å². The Hall–Kier alpha value is -0.563. The molecule has 0 heterocycles. The predicted octanol–water partition coefficient (Wildman–Crippen LogP) is 6.16. The second kappa shape index (κ2) is 5.67. The summed E-state index contributed by atoms with van der Waals surface area (Å²) in [5.74, 6) is 0. The van der Waals surface area contributed by atoms with Crippen LogP contribution in [0.5, 0.6) is 0 Å². The van der Waals surface area contributed by atoms with Gasteiger partial charge in [0.25, 0.3) is 0 Å². The summed E-state index contributed by atoms with van der Waals surface area (Å²) in [5.41, 5.74) is 4.96. The molecule has 0 fully saturated rings. The molecule has 0 N–H and O–H groups in total. The maximum absolute atomic E-state index is 2.46. The van der Waals surface area contributed by atoms with Crippen LogP contribution in [-0.2, 0) is 17.3 Å². The highest BCUT2D eigenvalue weighted by molar-refractivity contribution is 6.76. The van der Waals surface area contributed by atoms with Crippen LogP contribution >= 0.6 is 0 Å². The molecule has 0 atom stereocenters. The second-order valence-electron chi connectivity index (χ2n) is 9.48. The van der Waals surface area contributed by atoms with E-state index in [1.54, 1.807) is 0 Å². The van der Waals surface area contributed by atoms with Gasteiger partial charge in [0.05, 0.1) is 0 Å². The van der Waals surface area contributed by atoms with Gasteiger partial charge >= 0.3 is 0 Å². The van der Waals surface area contributed by atoms with E-state index in [-0.39, 0.29) is 10.8 Å². The highest BCUT2D eigenvalue weighted by Gasteiger charge is 2.21. The lowest BCUT2D eigenvalue weighted by molar-refractivity contribution is 0.567. The van der Waals surface area contributed by atoms with Crippen molar-refractivity contribution in [2.24, 2.45) is 0 Å². The van der Waals surface area contributed by atoms with Gasteiger partial charge in [-0.2, -0.15) is 0 Å². The van der Waals surface area contributed by atoms with Crippen molar-refractivity contribution in [2.45, 2.75) is 84.5 Å². The van der Waals surface area contributed by atoms with Crippen LogP contribution in [-0.4, -0.2) is 8.07 Å². The highest BCUT2D eigenvalue weighted by atomic mass is 28.3. The van der Waals surface area contributed by atoms with Gasteiger partial charge in [0.2, 0.25) is 0 Å². The summed E-state index contributed by atoms with van der Waals surface area (Å²) in [6, 6.07) is 8.67. The van der Waals surface area contributed by atoms with Crippen molar-refractivity contribution >= 4 is 8.07 Å². The molecule has 114 valence electrons. The van der Waals surface area contributed by atoms with Gasteiger partial charge in [-0.05, 0) is 33.9 Å². The van der Waals surface area contributed by atoms with E-state index < -0.39 is 8.07 Å². The smallest absolute Gasteiger partial charge is 0.0445 e. The average molecular weight is 291 g/mol. The minimum absolute atomic E-state index is 0.231. The van der Waals surface area contributed by atoms with Crippen molar-refractivity contribution in [1.29, 1.82) is 0 Å². The highest BCUT2D eigenvalue weighted by Crippen LogP contribution is 2.31. The monoisotopic (exact) mass is 290 g/mol. The summed E-state index contributed by atoms with van der Waals surface area (Å²) in [5, 5.41) is 0. The summed E-state index contributed by atoms with van der Waals surface area (Å²) in [7, 11) is -0.967. The lowest BCUT2D eigenvalue weighted by Crippen LogP contribution is -2.21. The fourth-order valence-electron chi connectivity index (χ4n) is 2.22. The summed E-state index contributed by atoms with van der Waals surface area (Å²) >= 11 is 0. The van der Waals surface area contributed by atoms with E-state index in [1.807, 2.05) is 0 Å². The van der Waals surface area contributed by atoms with Crippen LogP contribution in [0.3, 0.4) is 0 Å². The fraction of sp³-hybridized carbons (Fsp3) is 0.684. The lowest BCUT2D eigenvalue weighted by atomic mass is 9.79. The number of rotatable bonds is 3. The molecule has 0 unspecified atom stereocenters. The summed E-state index contributed by atoms with van der Waals surface area (Å²) in [4.78, 5) is 0. The topological polar surface area (TPSA) is 0 Å². The number of hydrogen-bond donors (Lipinski definition) is 0. The van der Waals surface area contributed by atoms with Crippen LogP contribution in [0.15, 0.2) is 18.2 Å². The SMILES string of the molecule is CC(C)(C)c1cc(CC[Si](C)(C)C)cc(C(C)(C)C)c1. The molecule has 0 amide bonds. The molecule has 1 aromatic carbocycles. The molecule has 1 heteroatoms. The molecule has 1 rings (SSSR count). The molecular weight excluding hydrogens is 256 g/mol. The van der Waals surface area contributed by atoms with E-state index in [0.29, 0.717) is 0 Å². The fourth-order valence-corrected chi connectivity index (χ4v) is 3.26. The first kappa shape index (κ1) is 17.5. The van der Waals surface area contributed by atoms with Crippen molar-refractivity contribution in [2.75, 3.05) is 0 Å². The summed E-state index contributed by atoms with van der Waals surface area (Å²) in [6.45, 7) is 21.3. The second-order valence-corrected chi connectivity index (χ2v) is 15.1. The van der Waals surface area contributed by atoms with Gasteiger partial charge in [-0.1, -0.05) is 85.4 Å². The largest absolute Gasteiger partial charge is 0.0695 e. The maximum Gasteiger partial charge on any atom is 0.0445 e.